The van der Waals surface area contributed by atoms with Crippen LogP contribution in [0.1, 0.15) is 12.5 Å². The summed E-state index contributed by atoms with van der Waals surface area (Å²) in [5.41, 5.74) is 0.580. The Morgan fingerprint density at radius 1 is 1.58 bits per heavy atom. The van der Waals surface area contributed by atoms with E-state index in [1.54, 1.807) is 12.1 Å². The Hall–Kier alpha value is -1.62. The van der Waals surface area contributed by atoms with Gasteiger partial charge in [-0.05, 0) is 25.1 Å². The number of ether oxygens (including phenoxy) is 1. The van der Waals surface area contributed by atoms with Crippen LogP contribution >= 0.6 is 0 Å². The number of phenols is 1. The molecule has 0 amide bonds. The molecule has 0 radical (unpaired) electrons. The highest BCUT2D eigenvalue weighted by molar-refractivity contribution is 5.48. The van der Waals surface area contributed by atoms with Crippen LogP contribution in [-0.2, 0) is 0 Å². The molecular formula is C10H10O2. The lowest BCUT2D eigenvalue weighted by atomic mass is 10.2. The van der Waals surface area contributed by atoms with Crippen LogP contribution in [-0.4, -0.2) is 11.7 Å². The number of hydrogen-bond acceptors (Lipinski definition) is 2. The first-order chi connectivity index (χ1) is 5.77. The molecule has 1 N–H and O–H groups in total. The molecule has 0 unspecified atom stereocenters. The summed E-state index contributed by atoms with van der Waals surface area (Å²) in [6, 6.07) is 4.71. The van der Waals surface area contributed by atoms with Gasteiger partial charge in [-0.3, -0.25) is 0 Å². The average molecular weight is 162 g/mol. The van der Waals surface area contributed by atoms with Gasteiger partial charge in [-0.15, -0.1) is 6.42 Å². The molecule has 1 aromatic carbocycles. The van der Waals surface area contributed by atoms with Crippen LogP contribution < -0.4 is 4.74 Å². The minimum absolute atomic E-state index is 0.159. The molecule has 0 aliphatic carbocycles. The first-order valence-electron chi connectivity index (χ1n) is 3.70. The number of terminal acetylenes is 1. The van der Waals surface area contributed by atoms with Crippen LogP contribution in [0.25, 0.3) is 0 Å². The summed E-state index contributed by atoms with van der Waals surface area (Å²) in [7, 11) is 0. The zero-order chi connectivity index (χ0) is 8.97. The largest absolute Gasteiger partial charge is 0.508 e. The van der Waals surface area contributed by atoms with Gasteiger partial charge in [0.2, 0.25) is 0 Å². The van der Waals surface area contributed by atoms with Gasteiger partial charge in [0.05, 0.1) is 12.2 Å². The molecule has 0 bridgehead atoms. The van der Waals surface area contributed by atoms with Crippen molar-refractivity contribution in [3.05, 3.63) is 23.8 Å². The number of benzene rings is 1. The summed E-state index contributed by atoms with van der Waals surface area (Å²) < 4.78 is 5.23. The molecule has 0 saturated carbocycles. The Morgan fingerprint density at radius 2 is 2.33 bits per heavy atom. The standard InChI is InChI=1S/C10H10O2/c1-3-8-7-9(11)5-6-10(8)12-4-2/h1,5-7,11H,4H2,2H3. The van der Waals surface area contributed by atoms with Gasteiger partial charge >= 0.3 is 0 Å². The Morgan fingerprint density at radius 3 is 2.92 bits per heavy atom. The number of hydrogen-bond donors (Lipinski definition) is 1. The molecule has 0 heterocycles. The maximum absolute atomic E-state index is 9.09. The molecular weight excluding hydrogens is 152 g/mol. The van der Waals surface area contributed by atoms with Crippen molar-refractivity contribution in [1.82, 2.24) is 0 Å². The molecule has 12 heavy (non-hydrogen) atoms. The molecule has 0 spiro atoms. The maximum atomic E-state index is 9.09. The summed E-state index contributed by atoms with van der Waals surface area (Å²) >= 11 is 0. The Balaban J connectivity index is 3.05. The summed E-state index contributed by atoms with van der Waals surface area (Å²) in [4.78, 5) is 0. The SMILES string of the molecule is C#Cc1cc(O)ccc1OCC. The Kier molecular flexibility index (Phi) is 2.60. The van der Waals surface area contributed by atoms with Gasteiger partial charge < -0.3 is 9.84 Å². The van der Waals surface area contributed by atoms with Crippen molar-refractivity contribution in [2.24, 2.45) is 0 Å². The van der Waals surface area contributed by atoms with E-state index in [-0.39, 0.29) is 5.75 Å². The van der Waals surface area contributed by atoms with Gasteiger partial charge in [-0.2, -0.15) is 0 Å². The lowest BCUT2D eigenvalue weighted by molar-refractivity contribution is 0.338. The second-order valence-corrected chi connectivity index (χ2v) is 2.26. The number of aromatic hydroxyl groups is 1. The van der Waals surface area contributed by atoms with Gasteiger partial charge in [-0.25, -0.2) is 0 Å². The quantitative estimate of drug-likeness (QED) is 0.671. The molecule has 0 aliphatic rings. The summed E-state index contributed by atoms with van der Waals surface area (Å²) in [6.07, 6.45) is 5.21. The highest BCUT2D eigenvalue weighted by atomic mass is 16.5. The van der Waals surface area contributed by atoms with E-state index in [0.717, 1.165) is 0 Å². The second kappa shape index (κ2) is 3.68. The second-order valence-electron chi connectivity index (χ2n) is 2.26. The normalized spacial score (nSPS) is 9.00. The molecule has 62 valence electrons. The van der Waals surface area contributed by atoms with Crippen LogP contribution in [0.2, 0.25) is 0 Å². The lowest BCUT2D eigenvalue weighted by Gasteiger charge is -2.05. The van der Waals surface area contributed by atoms with E-state index in [4.69, 9.17) is 16.3 Å². The topological polar surface area (TPSA) is 29.5 Å². The van der Waals surface area contributed by atoms with Gasteiger partial charge in [0.25, 0.3) is 0 Å². The lowest BCUT2D eigenvalue weighted by Crippen LogP contribution is -1.93. The third-order valence-corrected chi connectivity index (χ3v) is 1.42. The number of phenolic OH excluding ortho intramolecular Hbond substituents is 1. The minimum atomic E-state index is 0.159. The van der Waals surface area contributed by atoms with E-state index in [9.17, 15) is 0 Å². The van der Waals surface area contributed by atoms with Crippen molar-refractivity contribution < 1.29 is 9.84 Å². The predicted molar refractivity (Wildman–Crippen MR) is 47.2 cm³/mol. The smallest absolute Gasteiger partial charge is 0.135 e. The summed E-state index contributed by atoms with van der Waals surface area (Å²) in [6.45, 7) is 2.45. The fraction of sp³-hybridized carbons (Fsp3) is 0.200. The molecule has 0 fully saturated rings. The van der Waals surface area contributed by atoms with Crippen molar-refractivity contribution in [3.8, 4) is 23.8 Å². The minimum Gasteiger partial charge on any atom is -0.508 e. The van der Waals surface area contributed by atoms with E-state index in [2.05, 4.69) is 5.92 Å². The predicted octanol–water partition coefficient (Wildman–Crippen LogP) is 1.77. The monoisotopic (exact) mass is 162 g/mol. The van der Waals surface area contributed by atoms with E-state index in [1.807, 2.05) is 6.92 Å². The molecule has 0 aliphatic heterocycles. The molecule has 2 nitrogen and oxygen atoms in total. The molecule has 0 aromatic heterocycles. The summed E-state index contributed by atoms with van der Waals surface area (Å²) in [5.74, 6) is 3.23. The van der Waals surface area contributed by atoms with Crippen LogP contribution in [0.15, 0.2) is 18.2 Å². The van der Waals surface area contributed by atoms with Gasteiger partial charge in [-0.1, -0.05) is 5.92 Å². The zero-order valence-corrected chi connectivity index (χ0v) is 6.87. The van der Waals surface area contributed by atoms with Crippen molar-refractivity contribution in [3.63, 3.8) is 0 Å². The first kappa shape index (κ1) is 8.48. The van der Waals surface area contributed by atoms with E-state index in [1.165, 1.54) is 6.07 Å². The van der Waals surface area contributed by atoms with Crippen molar-refractivity contribution in [2.45, 2.75) is 6.92 Å². The first-order valence-corrected chi connectivity index (χ1v) is 3.70. The van der Waals surface area contributed by atoms with E-state index >= 15 is 0 Å². The molecule has 1 rings (SSSR count). The molecule has 0 atom stereocenters. The fourth-order valence-electron chi connectivity index (χ4n) is 0.912. The third-order valence-electron chi connectivity index (χ3n) is 1.42. The van der Waals surface area contributed by atoms with Crippen molar-refractivity contribution in [2.75, 3.05) is 6.61 Å². The molecule has 2 heteroatoms. The Labute approximate surface area is 71.8 Å². The zero-order valence-electron chi connectivity index (χ0n) is 6.87. The average Bonchev–Trinajstić information content (AvgIpc) is 2.08. The van der Waals surface area contributed by atoms with Crippen molar-refractivity contribution >= 4 is 0 Å². The van der Waals surface area contributed by atoms with Crippen LogP contribution in [0.3, 0.4) is 0 Å². The van der Waals surface area contributed by atoms with Gasteiger partial charge in [0, 0.05) is 0 Å². The van der Waals surface area contributed by atoms with Crippen LogP contribution in [0, 0.1) is 12.3 Å². The molecule has 0 saturated heterocycles. The van der Waals surface area contributed by atoms with Gasteiger partial charge in [0.1, 0.15) is 11.5 Å². The maximum Gasteiger partial charge on any atom is 0.135 e. The number of rotatable bonds is 2. The molecule has 1 aromatic rings. The van der Waals surface area contributed by atoms with E-state index < -0.39 is 0 Å². The fourth-order valence-corrected chi connectivity index (χ4v) is 0.912. The third kappa shape index (κ3) is 1.70. The summed E-state index contributed by atoms with van der Waals surface area (Å²) in [5, 5.41) is 9.09. The van der Waals surface area contributed by atoms with Crippen LogP contribution in [0.4, 0.5) is 0 Å². The van der Waals surface area contributed by atoms with Gasteiger partial charge in [0.15, 0.2) is 0 Å². The Bertz CT molecular complexity index is 310. The van der Waals surface area contributed by atoms with E-state index in [0.29, 0.717) is 17.9 Å². The van der Waals surface area contributed by atoms with Crippen molar-refractivity contribution in [1.29, 1.82) is 0 Å². The highest BCUT2D eigenvalue weighted by Gasteiger charge is 2.00. The van der Waals surface area contributed by atoms with Crippen LogP contribution in [0.5, 0.6) is 11.5 Å². The highest BCUT2D eigenvalue weighted by Crippen LogP contribution is 2.22.